The van der Waals surface area contributed by atoms with E-state index in [1.807, 2.05) is 0 Å². The zero-order valence-electron chi connectivity index (χ0n) is 10.2. The molecule has 0 unspecified atom stereocenters. The molecule has 106 valence electrons. The minimum Gasteiger partial charge on any atom is -0.481 e. The number of hydrogen-bond acceptors (Lipinski definition) is 4. The van der Waals surface area contributed by atoms with Crippen LogP contribution >= 0.6 is 0 Å². The van der Waals surface area contributed by atoms with Crippen molar-refractivity contribution < 1.29 is 23.1 Å². The second kappa shape index (κ2) is 5.77. The molecular formula is C11H14F3N3O2. The summed E-state index contributed by atoms with van der Waals surface area (Å²) >= 11 is 0. The highest BCUT2D eigenvalue weighted by Gasteiger charge is 2.31. The molecule has 0 saturated carbocycles. The van der Waals surface area contributed by atoms with Crippen LogP contribution in [0.25, 0.3) is 0 Å². The molecule has 0 spiro atoms. The van der Waals surface area contributed by atoms with E-state index in [4.69, 9.17) is 10.8 Å². The van der Waals surface area contributed by atoms with Crippen molar-refractivity contribution in [3.8, 4) is 0 Å². The number of hydrogen-bond donors (Lipinski definition) is 2. The van der Waals surface area contributed by atoms with Crippen LogP contribution < -0.4 is 10.6 Å². The number of pyridine rings is 1. The lowest BCUT2D eigenvalue weighted by molar-refractivity contribution is -0.138. The highest BCUT2D eigenvalue weighted by molar-refractivity contribution is 5.69. The summed E-state index contributed by atoms with van der Waals surface area (Å²) in [5.74, 6) is -0.833. The van der Waals surface area contributed by atoms with Gasteiger partial charge in [-0.2, -0.15) is 13.2 Å². The number of nitrogen functional groups attached to an aromatic ring is 1. The summed E-state index contributed by atoms with van der Waals surface area (Å²) in [6, 6.07) is 0.797. The van der Waals surface area contributed by atoms with E-state index in [-0.39, 0.29) is 24.5 Å². The Kier molecular flexibility index (Phi) is 4.57. The first-order valence-corrected chi connectivity index (χ1v) is 5.55. The Labute approximate surface area is 107 Å². The molecule has 1 heterocycles. The number of rotatable bonds is 5. The van der Waals surface area contributed by atoms with Crippen LogP contribution in [0.1, 0.15) is 18.9 Å². The van der Waals surface area contributed by atoms with Crippen LogP contribution in [-0.4, -0.2) is 29.1 Å². The number of halogens is 3. The Morgan fingerprint density at radius 1 is 1.53 bits per heavy atom. The molecule has 5 nitrogen and oxygen atoms in total. The van der Waals surface area contributed by atoms with Gasteiger partial charge in [0.25, 0.3) is 0 Å². The first-order valence-electron chi connectivity index (χ1n) is 5.55. The molecule has 1 aromatic rings. The summed E-state index contributed by atoms with van der Waals surface area (Å²) in [5, 5.41) is 8.60. The van der Waals surface area contributed by atoms with Crippen molar-refractivity contribution in [2.45, 2.75) is 19.5 Å². The Morgan fingerprint density at radius 3 is 2.58 bits per heavy atom. The maximum absolute atomic E-state index is 12.4. The van der Waals surface area contributed by atoms with E-state index in [0.717, 1.165) is 6.07 Å². The van der Waals surface area contributed by atoms with E-state index in [0.29, 0.717) is 12.7 Å². The third-order valence-electron chi connectivity index (χ3n) is 2.50. The molecule has 0 aliphatic rings. The van der Waals surface area contributed by atoms with Crippen molar-refractivity contribution in [3.05, 3.63) is 17.8 Å². The molecule has 8 heteroatoms. The standard InChI is InChI=1S/C11H14F3N3O2/c1-2-17(4-3-9(18)19)10-8(15)5-7(6-16-10)11(12,13)14/h5-6H,2-4,15H2,1H3,(H,18,19). The van der Waals surface area contributed by atoms with Crippen molar-refractivity contribution in [1.29, 1.82) is 0 Å². The predicted molar refractivity (Wildman–Crippen MR) is 63.8 cm³/mol. The van der Waals surface area contributed by atoms with E-state index < -0.39 is 17.7 Å². The molecule has 19 heavy (non-hydrogen) atoms. The van der Waals surface area contributed by atoms with Crippen LogP contribution in [-0.2, 0) is 11.0 Å². The fraction of sp³-hybridized carbons (Fsp3) is 0.455. The summed E-state index contributed by atoms with van der Waals surface area (Å²) in [6.07, 6.45) is -3.96. The van der Waals surface area contributed by atoms with Crippen LogP contribution in [0.5, 0.6) is 0 Å². The van der Waals surface area contributed by atoms with Gasteiger partial charge in [0.15, 0.2) is 5.82 Å². The molecule has 0 bridgehead atoms. The van der Waals surface area contributed by atoms with Gasteiger partial charge in [0.05, 0.1) is 17.7 Å². The maximum Gasteiger partial charge on any atom is 0.417 e. The number of nitrogens with two attached hydrogens (primary N) is 1. The average Bonchev–Trinajstić information content (AvgIpc) is 2.29. The van der Waals surface area contributed by atoms with Crippen LogP contribution in [0, 0.1) is 0 Å². The SMILES string of the molecule is CCN(CCC(=O)O)c1ncc(C(F)(F)F)cc1N. The molecule has 0 saturated heterocycles. The van der Waals surface area contributed by atoms with Crippen LogP contribution in [0.3, 0.4) is 0 Å². The van der Waals surface area contributed by atoms with Gasteiger partial charge in [0, 0.05) is 19.3 Å². The smallest absolute Gasteiger partial charge is 0.417 e. The maximum atomic E-state index is 12.4. The molecule has 0 aliphatic heterocycles. The van der Waals surface area contributed by atoms with Gasteiger partial charge in [0.1, 0.15) is 0 Å². The zero-order valence-corrected chi connectivity index (χ0v) is 10.2. The second-order valence-corrected chi connectivity index (χ2v) is 3.86. The van der Waals surface area contributed by atoms with Crippen molar-refractivity contribution in [2.75, 3.05) is 23.7 Å². The quantitative estimate of drug-likeness (QED) is 0.860. The summed E-state index contributed by atoms with van der Waals surface area (Å²) in [5.41, 5.74) is 4.50. The molecule has 0 fully saturated rings. The molecule has 1 aromatic heterocycles. The lowest BCUT2D eigenvalue weighted by Crippen LogP contribution is -2.27. The lowest BCUT2D eigenvalue weighted by Gasteiger charge is -2.23. The van der Waals surface area contributed by atoms with Gasteiger partial charge in [-0.25, -0.2) is 4.98 Å². The van der Waals surface area contributed by atoms with Gasteiger partial charge in [0.2, 0.25) is 0 Å². The van der Waals surface area contributed by atoms with E-state index in [1.165, 1.54) is 4.90 Å². The van der Waals surface area contributed by atoms with E-state index in [9.17, 15) is 18.0 Å². The summed E-state index contributed by atoms with van der Waals surface area (Å²) in [4.78, 5) is 15.7. The third kappa shape index (κ3) is 4.01. The highest BCUT2D eigenvalue weighted by atomic mass is 19.4. The predicted octanol–water partition coefficient (Wildman–Crippen LogP) is 1.98. The van der Waals surface area contributed by atoms with Crippen molar-refractivity contribution in [3.63, 3.8) is 0 Å². The minimum atomic E-state index is -4.50. The molecular weight excluding hydrogens is 263 g/mol. The van der Waals surface area contributed by atoms with E-state index >= 15 is 0 Å². The molecule has 0 aliphatic carbocycles. The first kappa shape index (κ1) is 15.1. The fourth-order valence-electron chi connectivity index (χ4n) is 1.54. The Morgan fingerprint density at radius 2 is 2.16 bits per heavy atom. The molecule has 0 aromatic carbocycles. The molecule has 0 radical (unpaired) electrons. The number of aromatic nitrogens is 1. The molecule has 0 atom stereocenters. The number of aliphatic carboxylic acids is 1. The molecule has 3 N–H and O–H groups in total. The van der Waals surface area contributed by atoms with E-state index in [1.54, 1.807) is 6.92 Å². The van der Waals surface area contributed by atoms with Crippen molar-refractivity contribution in [1.82, 2.24) is 4.98 Å². The Balaban J connectivity index is 2.96. The summed E-state index contributed by atoms with van der Waals surface area (Å²) in [6.45, 7) is 2.27. The van der Waals surface area contributed by atoms with Gasteiger partial charge >= 0.3 is 12.1 Å². The molecule has 0 amide bonds. The van der Waals surface area contributed by atoms with Gasteiger partial charge < -0.3 is 15.7 Å². The number of alkyl halides is 3. The third-order valence-corrected chi connectivity index (χ3v) is 2.50. The van der Waals surface area contributed by atoms with Crippen LogP contribution in [0.2, 0.25) is 0 Å². The van der Waals surface area contributed by atoms with Crippen molar-refractivity contribution >= 4 is 17.5 Å². The van der Waals surface area contributed by atoms with Gasteiger partial charge in [-0.05, 0) is 13.0 Å². The van der Waals surface area contributed by atoms with Gasteiger partial charge in [-0.15, -0.1) is 0 Å². The average molecular weight is 277 g/mol. The Bertz CT molecular complexity index is 463. The zero-order chi connectivity index (χ0) is 14.6. The summed E-state index contributed by atoms with van der Waals surface area (Å²) in [7, 11) is 0. The largest absolute Gasteiger partial charge is 0.481 e. The number of carbonyl (C=O) groups is 1. The van der Waals surface area contributed by atoms with E-state index in [2.05, 4.69) is 4.98 Å². The first-order chi connectivity index (χ1) is 8.75. The number of carboxylic acids is 1. The number of nitrogens with zero attached hydrogens (tertiary/aromatic N) is 2. The lowest BCUT2D eigenvalue weighted by atomic mass is 10.2. The molecule has 1 rings (SSSR count). The monoisotopic (exact) mass is 277 g/mol. The second-order valence-electron chi connectivity index (χ2n) is 3.86. The van der Waals surface area contributed by atoms with Gasteiger partial charge in [-0.3, -0.25) is 4.79 Å². The van der Waals surface area contributed by atoms with Crippen molar-refractivity contribution in [2.24, 2.45) is 0 Å². The van der Waals surface area contributed by atoms with Crippen LogP contribution in [0.15, 0.2) is 12.3 Å². The number of carboxylic acid groups (broad SMARTS) is 1. The number of anilines is 2. The normalized spacial score (nSPS) is 11.4. The Hall–Kier alpha value is -1.99. The summed E-state index contributed by atoms with van der Waals surface area (Å²) < 4.78 is 37.3. The van der Waals surface area contributed by atoms with Crippen LogP contribution in [0.4, 0.5) is 24.7 Å². The minimum absolute atomic E-state index is 0.123. The topological polar surface area (TPSA) is 79.5 Å². The fourth-order valence-corrected chi connectivity index (χ4v) is 1.54. The highest BCUT2D eigenvalue weighted by Crippen LogP contribution is 2.32. The van der Waals surface area contributed by atoms with Gasteiger partial charge in [-0.1, -0.05) is 0 Å².